The Bertz CT molecular complexity index is 731. The minimum Gasteiger partial charge on any atom is -0.482 e. The van der Waals surface area contributed by atoms with Crippen LogP contribution in [-0.4, -0.2) is 48.0 Å². The summed E-state index contributed by atoms with van der Waals surface area (Å²) in [6, 6.07) is 3.48. The van der Waals surface area contributed by atoms with Crippen LogP contribution in [0.15, 0.2) is 18.2 Å². The molecule has 0 unspecified atom stereocenters. The first-order chi connectivity index (χ1) is 12.3. The number of fused-ring (bicyclic) bond motifs is 1. The first-order valence-electron chi connectivity index (χ1n) is 8.13. The molecule has 1 aromatic carbocycles. The molecule has 140 valence electrons. The molecule has 0 aromatic heterocycles. The van der Waals surface area contributed by atoms with Crippen LogP contribution in [0, 0.1) is 5.92 Å². The van der Waals surface area contributed by atoms with Crippen LogP contribution in [0.1, 0.15) is 30.6 Å². The van der Waals surface area contributed by atoms with Gasteiger partial charge in [0.15, 0.2) is 6.61 Å². The summed E-state index contributed by atoms with van der Waals surface area (Å²) in [6.45, 7) is 3.22. The highest BCUT2D eigenvalue weighted by Crippen LogP contribution is 2.28. The van der Waals surface area contributed by atoms with Crippen LogP contribution in [-0.2, 0) is 14.4 Å². The zero-order valence-electron chi connectivity index (χ0n) is 14.5. The van der Waals surface area contributed by atoms with Gasteiger partial charge in [-0.1, -0.05) is 13.8 Å². The zero-order valence-corrected chi connectivity index (χ0v) is 14.5. The molecule has 0 saturated heterocycles. The van der Waals surface area contributed by atoms with E-state index in [2.05, 4.69) is 16.0 Å². The monoisotopic (exact) mass is 363 g/mol. The molecule has 3 amide bonds. The van der Waals surface area contributed by atoms with E-state index in [0.717, 1.165) is 0 Å². The van der Waals surface area contributed by atoms with E-state index >= 15 is 0 Å². The van der Waals surface area contributed by atoms with Crippen molar-refractivity contribution in [2.24, 2.45) is 5.92 Å². The predicted octanol–water partition coefficient (Wildman–Crippen LogP) is 0.363. The number of rotatable bonds is 7. The molecule has 4 N–H and O–H groups in total. The molecule has 0 spiro atoms. The lowest BCUT2D eigenvalue weighted by Crippen LogP contribution is -2.46. The van der Waals surface area contributed by atoms with Crippen LogP contribution in [0.25, 0.3) is 0 Å². The number of ether oxygens (including phenoxy) is 1. The highest BCUT2D eigenvalue weighted by atomic mass is 16.5. The summed E-state index contributed by atoms with van der Waals surface area (Å²) in [6.07, 6.45) is 0.295. The van der Waals surface area contributed by atoms with Crippen molar-refractivity contribution in [2.75, 3.05) is 18.5 Å². The maximum absolute atomic E-state index is 12.1. The number of carboxylic acids is 1. The Kier molecular flexibility index (Phi) is 6.16. The van der Waals surface area contributed by atoms with Gasteiger partial charge in [-0.2, -0.15) is 0 Å². The third-order valence-electron chi connectivity index (χ3n) is 3.63. The molecule has 1 atom stereocenters. The van der Waals surface area contributed by atoms with Crippen LogP contribution in [0.5, 0.6) is 5.75 Å². The Labute approximate surface area is 150 Å². The van der Waals surface area contributed by atoms with Gasteiger partial charge in [-0.15, -0.1) is 0 Å². The van der Waals surface area contributed by atoms with Crippen LogP contribution < -0.4 is 20.7 Å². The Balaban J connectivity index is 1.91. The van der Waals surface area contributed by atoms with E-state index in [1.54, 1.807) is 0 Å². The fourth-order valence-corrected chi connectivity index (χ4v) is 2.42. The van der Waals surface area contributed by atoms with Gasteiger partial charge in [0, 0.05) is 5.56 Å². The Hall–Kier alpha value is -3.10. The quantitative estimate of drug-likeness (QED) is 0.553. The molecular weight excluding hydrogens is 342 g/mol. The number of carbonyl (C=O) groups is 4. The van der Waals surface area contributed by atoms with E-state index in [0.29, 0.717) is 17.9 Å². The third kappa shape index (κ3) is 5.20. The molecule has 0 aliphatic carbocycles. The molecule has 1 aromatic rings. The van der Waals surface area contributed by atoms with Crippen molar-refractivity contribution in [3.63, 3.8) is 0 Å². The summed E-state index contributed by atoms with van der Waals surface area (Å²) in [4.78, 5) is 46.4. The molecule has 9 nitrogen and oxygen atoms in total. The molecular formula is C17H21N3O6. The Morgan fingerprint density at radius 1 is 1.31 bits per heavy atom. The molecule has 0 saturated carbocycles. The fourth-order valence-electron chi connectivity index (χ4n) is 2.42. The van der Waals surface area contributed by atoms with Gasteiger partial charge in [0.2, 0.25) is 5.91 Å². The van der Waals surface area contributed by atoms with Crippen molar-refractivity contribution in [3.05, 3.63) is 23.8 Å². The minimum atomic E-state index is -1.12. The van der Waals surface area contributed by atoms with E-state index in [9.17, 15) is 19.2 Å². The van der Waals surface area contributed by atoms with Gasteiger partial charge in [-0.05, 0) is 30.5 Å². The number of anilines is 1. The van der Waals surface area contributed by atoms with Crippen molar-refractivity contribution >= 4 is 29.4 Å². The summed E-state index contributed by atoms with van der Waals surface area (Å²) in [5.41, 5.74) is 0.721. The molecule has 26 heavy (non-hydrogen) atoms. The fraction of sp³-hybridized carbons (Fsp3) is 0.412. The van der Waals surface area contributed by atoms with Crippen molar-refractivity contribution in [2.45, 2.75) is 26.3 Å². The van der Waals surface area contributed by atoms with Gasteiger partial charge >= 0.3 is 5.97 Å². The molecule has 1 heterocycles. The topological polar surface area (TPSA) is 134 Å². The van der Waals surface area contributed by atoms with E-state index in [1.807, 2.05) is 13.8 Å². The van der Waals surface area contributed by atoms with Gasteiger partial charge in [0.25, 0.3) is 11.8 Å². The molecule has 0 bridgehead atoms. The van der Waals surface area contributed by atoms with Gasteiger partial charge in [-0.25, -0.2) is 4.79 Å². The lowest BCUT2D eigenvalue weighted by atomic mass is 10.0. The first kappa shape index (κ1) is 19.2. The summed E-state index contributed by atoms with van der Waals surface area (Å²) >= 11 is 0. The highest BCUT2D eigenvalue weighted by Gasteiger charge is 2.22. The number of hydrogen-bond acceptors (Lipinski definition) is 5. The van der Waals surface area contributed by atoms with Gasteiger partial charge in [0.1, 0.15) is 11.8 Å². The SMILES string of the molecule is CC(C)C[C@H](NC(=O)CNC(=O)c1ccc2c(c1)OCC(=O)N2)C(=O)O. The summed E-state index contributed by atoms with van der Waals surface area (Å²) in [5, 5.41) is 16.5. The van der Waals surface area contributed by atoms with Crippen LogP contribution in [0.3, 0.4) is 0 Å². The van der Waals surface area contributed by atoms with E-state index in [4.69, 9.17) is 9.84 Å². The van der Waals surface area contributed by atoms with Crippen LogP contribution in [0.4, 0.5) is 5.69 Å². The molecule has 1 aliphatic heterocycles. The van der Waals surface area contributed by atoms with Gasteiger partial charge in [0.05, 0.1) is 12.2 Å². The van der Waals surface area contributed by atoms with Gasteiger partial charge < -0.3 is 25.8 Å². The summed E-state index contributed by atoms with van der Waals surface area (Å²) in [7, 11) is 0. The Morgan fingerprint density at radius 3 is 2.69 bits per heavy atom. The van der Waals surface area contributed by atoms with Crippen molar-refractivity contribution in [1.82, 2.24) is 10.6 Å². The third-order valence-corrected chi connectivity index (χ3v) is 3.63. The van der Waals surface area contributed by atoms with E-state index < -0.39 is 23.8 Å². The second-order valence-electron chi connectivity index (χ2n) is 6.32. The second kappa shape index (κ2) is 8.32. The number of carbonyl (C=O) groups excluding carboxylic acids is 3. The normalized spacial score (nSPS) is 13.9. The summed E-state index contributed by atoms with van der Waals surface area (Å²) in [5.74, 6) is -2.04. The standard InChI is InChI=1S/C17H21N3O6/c1-9(2)5-12(17(24)25)20-14(21)7-18-16(23)10-3-4-11-13(6-10)26-8-15(22)19-11/h3-4,6,9,12H,5,7-8H2,1-2H3,(H,18,23)(H,19,22)(H,20,21)(H,24,25)/t12-/m0/s1. The maximum atomic E-state index is 12.1. The predicted molar refractivity (Wildman–Crippen MR) is 91.9 cm³/mol. The van der Waals surface area contributed by atoms with Crippen molar-refractivity contribution < 1.29 is 29.0 Å². The average molecular weight is 363 g/mol. The lowest BCUT2D eigenvalue weighted by molar-refractivity contribution is -0.142. The maximum Gasteiger partial charge on any atom is 0.326 e. The van der Waals surface area contributed by atoms with Crippen molar-refractivity contribution in [1.29, 1.82) is 0 Å². The highest BCUT2D eigenvalue weighted by molar-refractivity contribution is 6.00. The zero-order chi connectivity index (χ0) is 19.3. The summed E-state index contributed by atoms with van der Waals surface area (Å²) < 4.78 is 5.23. The molecule has 2 rings (SSSR count). The second-order valence-corrected chi connectivity index (χ2v) is 6.32. The number of benzene rings is 1. The number of carboxylic acid groups (broad SMARTS) is 1. The number of nitrogens with one attached hydrogen (secondary N) is 3. The largest absolute Gasteiger partial charge is 0.482 e. The average Bonchev–Trinajstić information content (AvgIpc) is 2.58. The molecule has 9 heteroatoms. The van der Waals surface area contributed by atoms with Gasteiger partial charge in [-0.3, -0.25) is 14.4 Å². The van der Waals surface area contributed by atoms with Crippen LogP contribution >= 0.6 is 0 Å². The van der Waals surface area contributed by atoms with E-state index in [1.165, 1.54) is 18.2 Å². The first-order valence-corrected chi connectivity index (χ1v) is 8.13. The Morgan fingerprint density at radius 2 is 2.04 bits per heavy atom. The molecule has 0 radical (unpaired) electrons. The minimum absolute atomic E-state index is 0.0991. The number of amides is 3. The number of hydrogen-bond donors (Lipinski definition) is 4. The van der Waals surface area contributed by atoms with Crippen molar-refractivity contribution in [3.8, 4) is 5.75 Å². The molecule has 0 fully saturated rings. The number of aliphatic carboxylic acids is 1. The van der Waals surface area contributed by atoms with E-state index in [-0.39, 0.29) is 30.5 Å². The smallest absolute Gasteiger partial charge is 0.326 e. The molecule has 1 aliphatic rings. The van der Waals surface area contributed by atoms with Crippen LogP contribution in [0.2, 0.25) is 0 Å². The lowest BCUT2D eigenvalue weighted by Gasteiger charge is -2.18.